The van der Waals surface area contributed by atoms with Crippen molar-refractivity contribution in [1.82, 2.24) is 9.21 Å². The second-order valence-corrected chi connectivity index (χ2v) is 7.44. The average Bonchev–Trinajstić information content (AvgIpc) is 2.85. The van der Waals surface area contributed by atoms with Crippen LogP contribution in [0.2, 0.25) is 0 Å². The van der Waals surface area contributed by atoms with E-state index in [0.29, 0.717) is 19.5 Å². The lowest BCUT2D eigenvalue weighted by atomic mass is 10.2. The second-order valence-electron chi connectivity index (χ2n) is 5.50. The maximum Gasteiger partial charge on any atom is 0.243 e. The fourth-order valence-electron chi connectivity index (χ4n) is 2.74. The fraction of sp³-hybridized carbons (Fsp3) is 0.500. The quantitative estimate of drug-likeness (QED) is 0.864. The van der Waals surface area contributed by atoms with Gasteiger partial charge in [-0.05, 0) is 30.5 Å². The maximum atomic E-state index is 12.7. The van der Waals surface area contributed by atoms with Gasteiger partial charge >= 0.3 is 0 Å². The van der Waals surface area contributed by atoms with Gasteiger partial charge in [0.25, 0.3) is 0 Å². The minimum Gasteiger partial charge on any atom is -0.384 e. The summed E-state index contributed by atoms with van der Waals surface area (Å²) in [5, 5.41) is 3.19. The van der Waals surface area contributed by atoms with Crippen molar-refractivity contribution in [3.63, 3.8) is 0 Å². The summed E-state index contributed by atoms with van der Waals surface area (Å²) in [4.78, 5) is 13.7. The van der Waals surface area contributed by atoms with E-state index in [1.807, 2.05) is 6.07 Å². The summed E-state index contributed by atoms with van der Waals surface area (Å²) in [7, 11) is -1.91. The Kier molecular flexibility index (Phi) is 3.62. The molecule has 21 heavy (non-hydrogen) atoms. The van der Waals surface area contributed by atoms with Crippen LogP contribution >= 0.6 is 0 Å². The molecule has 114 valence electrons. The molecular formula is C14H19N3O3S. The van der Waals surface area contributed by atoms with E-state index < -0.39 is 10.0 Å². The highest BCUT2D eigenvalue weighted by Crippen LogP contribution is 2.27. The number of carbonyl (C=O) groups excluding carboxylic acids is 1. The van der Waals surface area contributed by atoms with Crippen molar-refractivity contribution in [3.05, 3.63) is 23.8 Å². The summed E-state index contributed by atoms with van der Waals surface area (Å²) in [5.74, 6) is -0.157. The highest BCUT2D eigenvalue weighted by molar-refractivity contribution is 7.89. The number of sulfonamides is 1. The zero-order valence-corrected chi connectivity index (χ0v) is 12.8. The molecule has 0 unspecified atom stereocenters. The first-order chi connectivity index (χ1) is 9.98. The van der Waals surface area contributed by atoms with Crippen LogP contribution in [0.15, 0.2) is 23.1 Å². The van der Waals surface area contributed by atoms with Gasteiger partial charge in [0.05, 0.1) is 11.4 Å². The number of amides is 1. The van der Waals surface area contributed by atoms with E-state index in [0.717, 1.165) is 24.2 Å². The molecule has 0 atom stereocenters. The lowest BCUT2D eigenvalue weighted by Gasteiger charge is -2.20. The molecule has 2 aliphatic heterocycles. The zero-order valence-electron chi connectivity index (χ0n) is 12.0. The number of rotatable bonds is 2. The molecular weight excluding hydrogens is 290 g/mol. The Morgan fingerprint density at radius 3 is 2.86 bits per heavy atom. The summed E-state index contributed by atoms with van der Waals surface area (Å²) in [6.45, 7) is 1.73. The van der Waals surface area contributed by atoms with E-state index in [1.54, 1.807) is 24.1 Å². The number of hydrogen-bond acceptors (Lipinski definition) is 4. The van der Waals surface area contributed by atoms with Gasteiger partial charge in [-0.15, -0.1) is 0 Å². The predicted molar refractivity (Wildman–Crippen MR) is 79.6 cm³/mol. The molecule has 0 aliphatic carbocycles. The monoisotopic (exact) mass is 309 g/mol. The topological polar surface area (TPSA) is 69.7 Å². The summed E-state index contributed by atoms with van der Waals surface area (Å²) < 4.78 is 26.7. The molecule has 2 aliphatic rings. The van der Waals surface area contributed by atoms with Gasteiger partial charge in [-0.2, -0.15) is 4.31 Å². The summed E-state index contributed by atoms with van der Waals surface area (Å²) in [6.07, 6.45) is 1.58. The largest absolute Gasteiger partial charge is 0.384 e. The first kappa shape index (κ1) is 14.3. The van der Waals surface area contributed by atoms with Crippen LogP contribution in [-0.4, -0.2) is 56.8 Å². The number of nitrogens with one attached hydrogen (secondary N) is 1. The van der Waals surface area contributed by atoms with Gasteiger partial charge in [0.2, 0.25) is 15.9 Å². The molecule has 7 heteroatoms. The molecule has 1 fully saturated rings. The third kappa shape index (κ3) is 2.63. The van der Waals surface area contributed by atoms with Crippen LogP contribution in [0.5, 0.6) is 0 Å². The van der Waals surface area contributed by atoms with Crippen molar-refractivity contribution in [2.75, 3.05) is 38.5 Å². The van der Waals surface area contributed by atoms with Crippen LogP contribution < -0.4 is 5.32 Å². The predicted octanol–water partition coefficient (Wildman–Crippen LogP) is 0.507. The zero-order chi connectivity index (χ0) is 15.0. The van der Waals surface area contributed by atoms with E-state index in [-0.39, 0.29) is 17.3 Å². The highest BCUT2D eigenvalue weighted by atomic mass is 32.2. The van der Waals surface area contributed by atoms with Gasteiger partial charge in [-0.1, -0.05) is 6.07 Å². The summed E-state index contributed by atoms with van der Waals surface area (Å²) in [6, 6.07) is 5.17. The van der Waals surface area contributed by atoms with E-state index in [4.69, 9.17) is 0 Å². The molecule has 1 saturated heterocycles. The molecule has 0 aromatic heterocycles. The molecule has 3 rings (SSSR count). The molecule has 1 aromatic carbocycles. The van der Waals surface area contributed by atoms with Gasteiger partial charge in [0.15, 0.2) is 0 Å². The lowest BCUT2D eigenvalue weighted by Crippen LogP contribution is -2.38. The minimum absolute atomic E-state index is 0.0800. The number of anilines is 1. The molecule has 1 N–H and O–H groups in total. The van der Waals surface area contributed by atoms with Crippen molar-refractivity contribution in [3.8, 4) is 0 Å². The Morgan fingerprint density at radius 1 is 1.24 bits per heavy atom. The highest BCUT2D eigenvalue weighted by Gasteiger charge is 2.30. The molecule has 0 bridgehead atoms. The van der Waals surface area contributed by atoms with Gasteiger partial charge in [-0.25, -0.2) is 8.42 Å². The van der Waals surface area contributed by atoms with E-state index in [2.05, 4.69) is 5.32 Å². The van der Waals surface area contributed by atoms with E-state index >= 15 is 0 Å². The summed E-state index contributed by atoms with van der Waals surface area (Å²) >= 11 is 0. The number of fused-ring (bicyclic) bond motifs is 1. The first-order valence-electron chi connectivity index (χ1n) is 7.09. The van der Waals surface area contributed by atoms with E-state index in [1.165, 1.54) is 4.31 Å². The van der Waals surface area contributed by atoms with Crippen molar-refractivity contribution < 1.29 is 13.2 Å². The average molecular weight is 309 g/mol. The van der Waals surface area contributed by atoms with Crippen LogP contribution in [0.1, 0.15) is 12.0 Å². The number of nitrogens with zero attached hydrogens (tertiary/aromatic N) is 2. The molecule has 0 radical (unpaired) electrons. The number of hydrogen-bond donors (Lipinski definition) is 1. The van der Waals surface area contributed by atoms with Crippen molar-refractivity contribution in [1.29, 1.82) is 0 Å². The Morgan fingerprint density at radius 2 is 2.05 bits per heavy atom. The molecule has 1 aromatic rings. The SMILES string of the molecule is CN1CCCN(S(=O)(=O)c2ccc3c(c2)NCC3)CC1=O. The van der Waals surface area contributed by atoms with Crippen molar-refractivity contribution in [2.24, 2.45) is 0 Å². The van der Waals surface area contributed by atoms with Crippen LogP contribution in [0.4, 0.5) is 5.69 Å². The first-order valence-corrected chi connectivity index (χ1v) is 8.53. The van der Waals surface area contributed by atoms with Gasteiger partial charge in [0, 0.05) is 32.4 Å². The third-order valence-corrected chi connectivity index (χ3v) is 5.91. The standard InChI is InChI=1S/C14H19N3O3S/c1-16-7-2-8-17(10-14(16)18)21(19,20)12-4-3-11-5-6-15-13(11)9-12/h3-4,9,15H,2,5-8,10H2,1H3. The summed E-state index contributed by atoms with van der Waals surface area (Å²) in [5.41, 5.74) is 2.02. The second kappa shape index (κ2) is 5.31. The smallest absolute Gasteiger partial charge is 0.243 e. The number of carbonyl (C=O) groups is 1. The lowest BCUT2D eigenvalue weighted by molar-refractivity contribution is -0.129. The molecule has 2 heterocycles. The Hall–Kier alpha value is -1.60. The minimum atomic E-state index is -3.62. The van der Waals surface area contributed by atoms with Crippen molar-refractivity contribution in [2.45, 2.75) is 17.7 Å². The van der Waals surface area contributed by atoms with Gasteiger partial charge < -0.3 is 10.2 Å². The van der Waals surface area contributed by atoms with Gasteiger partial charge in [-0.3, -0.25) is 4.79 Å². The molecule has 6 nitrogen and oxygen atoms in total. The van der Waals surface area contributed by atoms with Gasteiger partial charge in [0.1, 0.15) is 0 Å². The molecule has 1 amide bonds. The van der Waals surface area contributed by atoms with Crippen LogP contribution in [0.3, 0.4) is 0 Å². The fourth-order valence-corrected chi connectivity index (χ4v) is 4.20. The Bertz CT molecular complexity index is 672. The Balaban J connectivity index is 1.91. The Labute approximate surface area is 124 Å². The van der Waals surface area contributed by atoms with Crippen molar-refractivity contribution >= 4 is 21.6 Å². The normalized spacial score (nSPS) is 20.0. The number of likely N-dealkylation sites (N-methyl/N-ethyl adjacent to an activating group) is 1. The van der Waals surface area contributed by atoms with Crippen LogP contribution in [-0.2, 0) is 21.2 Å². The third-order valence-electron chi connectivity index (χ3n) is 4.07. The maximum absolute atomic E-state index is 12.7. The molecule has 0 spiro atoms. The molecule has 0 saturated carbocycles. The van der Waals surface area contributed by atoms with Crippen LogP contribution in [0, 0.1) is 0 Å². The number of benzene rings is 1. The van der Waals surface area contributed by atoms with E-state index in [9.17, 15) is 13.2 Å². The van der Waals surface area contributed by atoms with Crippen LogP contribution in [0.25, 0.3) is 0 Å².